The Labute approximate surface area is 125 Å². The predicted octanol–water partition coefficient (Wildman–Crippen LogP) is 2.04. The first-order valence-corrected chi connectivity index (χ1v) is 7.08. The maximum Gasteiger partial charge on any atom is 0.110 e. The third-order valence-electron chi connectivity index (χ3n) is 3.34. The Hall–Kier alpha value is -2.09. The number of hydrogen-bond acceptors (Lipinski definition) is 3. The molecule has 0 amide bonds. The summed E-state index contributed by atoms with van der Waals surface area (Å²) in [6.45, 7) is 4.52. The first-order chi connectivity index (χ1) is 10.3. The molecule has 1 unspecified atom stereocenters. The van der Waals surface area contributed by atoms with Crippen molar-refractivity contribution in [2.24, 2.45) is 0 Å². The molecule has 0 spiro atoms. The van der Waals surface area contributed by atoms with E-state index >= 15 is 0 Å². The highest BCUT2D eigenvalue weighted by molar-refractivity contribution is 5.35. The Morgan fingerprint density at radius 3 is 2.76 bits per heavy atom. The van der Waals surface area contributed by atoms with Crippen molar-refractivity contribution < 1.29 is 5.11 Å². The van der Waals surface area contributed by atoms with Crippen LogP contribution in [0, 0.1) is 18.8 Å². The van der Waals surface area contributed by atoms with E-state index in [0.29, 0.717) is 13.0 Å². The summed E-state index contributed by atoms with van der Waals surface area (Å²) in [4.78, 5) is 4.39. The van der Waals surface area contributed by atoms with Gasteiger partial charge in [-0.2, -0.15) is 0 Å². The van der Waals surface area contributed by atoms with E-state index in [2.05, 4.69) is 38.8 Å². The lowest BCUT2D eigenvalue weighted by atomic mass is 10.2. The molecule has 2 N–H and O–H groups in total. The number of imidazole rings is 1. The van der Waals surface area contributed by atoms with Gasteiger partial charge >= 0.3 is 0 Å². The van der Waals surface area contributed by atoms with Crippen molar-refractivity contribution in [3.8, 4) is 17.5 Å². The van der Waals surface area contributed by atoms with Crippen LogP contribution in [0.4, 0.5) is 0 Å². The molecule has 1 atom stereocenters. The van der Waals surface area contributed by atoms with E-state index in [1.54, 1.807) is 0 Å². The monoisotopic (exact) mass is 283 g/mol. The van der Waals surface area contributed by atoms with Crippen molar-refractivity contribution in [2.45, 2.75) is 32.9 Å². The Morgan fingerprint density at radius 1 is 1.33 bits per heavy atom. The highest BCUT2D eigenvalue weighted by Gasteiger charge is 2.11. The summed E-state index contributed by atoms with van der Waals surface area (Å²) in [5.41, 5.74) is 2.17. The van der Waals surface area contributed by atoms with Gasteiger partial charge in [-0.25, -0.2) is 4.98 Å². The van der Waals surface area contributed by atoms with E-state index in [4.69, 9.17) is 0 Å². The van der Waals surface area contributed by atoms with Crippen molar-refractivity contribution in [2.75, 3.05) is 6.61 Å². The molecule has 4 heteroatoms. The Morgan fingerprint density at radius 2 is 2.10 bits per heavy atom. The number of para-hydroxylation sites is 1. The summed E-state index contributed by atoms with van der Waals surface area (Å²) in [5, 5.41) is 12.7. The van der Waals surface area contributed by atoms with Crippen LogP contribution in [0.15, 0.2) is 36.5 Å². The number of rotatable bonds is 6. The molecule has 0 saturated carbocycles. The second-order valence-electron chi connectivity index (χ2n) is 4.86. The van der Waals surface area contributed by atoms with Gasteiger partial charge in [0.15, 0.2) is 0 Å². The SMILES string of the molecule is CC#CCC(CO)NCc1cnc(C)n1-c1ccccc1. The van der Waals surface area contributed by atoms with Gasteiger partial charge < -0.3 is 10.4 Å². The van der Waals surface area contributed by atoms with Crippen LogP contribution in [-0.2, 0) is 6.54 Å². The molecular weight excluding hydrogens is 262 g/mol. The summed E-state index contributed by atoms with van der Waals surface area (Å²) in [6.07, 6.45) is 2.51. The Balaban J connectivity index is 2.12. The van der Waals surface area contributed by atoms with Crippen LogP contribution in [0.5, 0.6) is 0 Å². The second kappa shape index (κ2) is 7.63. The molecule has 0 aliphatic rings. The maximum atomic E-state index is 9.37. The molecule has 0 saturated heterocycles. The zero-order valence-corrected chi connectivity index (χ0v) is 12.5. The van der Waals surface area contributed by atoms with Crippen molar-refractivity contribution in [3.63, 3.8) is 0 Å². The average molecular weight is 283 g/mol. The van der Waals surface area contributed by atoms with Gasteiger partial charge in [-0.1, -0.05) is 18.2 Å². The van der Waals surface area contributed by atoms with E-state index in [-0.39, 0.29) is 12.6 Å². The third kappa shape index (κ3) is 3.94. The van der Waals surface area contributed by atoms with Crippen LogP contribution in [0.25, 0.3) is 5.69 Å². The number of hydrogen-bond donors (Lipinski definition) is 2. The molecule has 0 fully saturated rings. The largest absolute Gasteiger partial charge is 0.395 e. The Kier molecular flexibility index (Phi) is 5.56. The van der Waals surface area contributed by atoms with Gasteiger partial charge in [-0.05, 0) is 26.0 Å². The molecular formula is C17H21N3O. The third-order valence-corrected chi connectivity index (χ3v) is 3.34. The van der Waals surface area contributed by atoms with Crippen LogP contribution in [0.2, 0.25) is 0 Å². The zero-order valence-electron chi connectivity index (χ0n) is 12.5. The van der Waals surface area contributed by atoms with Gasteiger partial charge in [0, 0.05) is 24.7 Å². The minimum atomic E-state index is -0.0168. The minimum absolute atomic E-state index is 0.0168. The summed E-state index contributed by atoms with van der Waals surface area (Å²) >= 11 is 0. The molecule has 0 aliphatic carbocycles. The number of benzene rings is 1. The zero-order chi connectivity index (χ0) is 15.1. The highest BCUT2D eigenvalue weighted by atomic mass is 16.3. The van der Waals surface area contributed by atoms with Gasteiger partial charge in [0.25, 0.3) is 0 Å². The standard InChI is InChI=1S/C17H21N3O/c1-3-4-8-15(13-21)19-12-17-11-18-14(2)20(17)16-9-6-5-7-10-16/h5-7,9-11,15,19,21H,8,12-13H2,1-2H3. The summed E-state index contributed by atoms with van der Waals surface area (Å²) in [7, 11) is 0. The lowest BCUT2D eigenvalue weighted by molar-refractivity contribution is 0.243. The lowest BCUT2D eigenvalue weighted by Crippen LogP contribution is -2.32. The molecule has 4 nitrogen and oxygen atoms in total. The van der Waals surface area contributed by atoms with Crippen LogP contribution >= 0.6 is 0 Å². The fraction of sp³-hybridized carbons (Fsp3) is 0.353. The summed E-state index contributed by atoms with van der Waals surface area (Å²) in [5.74, 6) is 6.80. The van der Waals surface area contributed by atoms with Crippen LogP contribution < -0.4 is 5.32 Å². The fourth-order valence-corrected chi connectivity index (χ4v) is 2.22. The first kappa shape index (κ1) is 15.3. The van der Waals surface area contributed by atoms with E-state index in [0.717, 1.165) is 17.2 Å². The number of aryl methyl sites for hydroxylation is 1. The van der Waals surface area contributed by atoms with Gasteiger partial charge in [0.1, 0.15) is 5.82 Å². The molecule has 21 heavy (non-hydrogen) atoms. The number of aliphatic hydroxyl groups excluding tert-OH is 1. The number of aromatic nitrogens is 2. The molecule has 1 aromatic heterocycles. The molecule has 0 radical (unpaired) electrons. The van der Waals surface area contributed by atoms with Crippen molar-refractivity contribution in [3.05, 3.63) is 48.0 Å². The van der Waals surface area contributed by atoms with Gasteiger partial charge in [-0.15, -0.1) is 11.8 Å². The van der Waals surface area contributed by atoms with E-state index in [9.17, 15) is 5.11 Å². The van der Waals surface area contributed by atoms with Crippen LogP contribution in [0.1, 0.15) is 24.9 Å². The lowest BCUT2D eigenvalue weighted by Gasteiger charge is -2.15. The van der Waals surface area contributed by atoms with Gasteiger partial charge in [0.05, 0.1) is 18.5 Å². The van der Waals surface area contributed by atoms with E-state index in [1.165, 1.54) is 0 Å². The van der Waals surface area contributed by atoms with Crippen molar-refractivity contribution in [1.29, 1.82) is 0 Å². The highest BCUT2D eigenvalue weighted by Crippen LogP contribution is 2.14. The molecule has 0 aliphatic heterocycles. The first-order valence-electron chi connectivity index (χ1n) is 7.08. The van der Waals surface area contributed by atoms with Crippen LogP contribution in [0.3, 0.4) is 0 Å². The maximum absolute atomic E-state index is 9.37. The molecule has 1 aromatic carbocycles. The van der Waals surface area contributed by atoms with Gasteiger partial charge in [-0.3, -0.25) is 4.57 Å². The van der Waals surface area contributed by atoms with Crippen LogP contribution in [-0.4, -0.2) is 27.3 Å². The summed E-state index contributed by atoms with van der Waals surface area (Å²) < 4.78 is 2.12. The second-order valence-corrected chi connectivity index (χ2v) is 4.86. The fourth-order valence-electron chi connectivity index (χ4n) is 2.22. The van der Waals surface area contributed by atoms with Gasteiger partial charge in [0.2, 0.25) is 0 Å². The quantitative estimate of drug-likeness (QED) is 0.798. The molecule has 2 rings (SSSR count). The number of nitrogens with zero attached hydrogens (tertiary/aromatic N) is 2. The molecule has 110 valence electrons. The van der Waals surface area contributed by atoms with E-state index in [1.807, 2.05) is 38.2 Å². The van der Waals surface area contributed by atoms with Crippen molar-refractivity contribution >= 4 is 0 Å². The number of aliphatic hydroxyl groups is 1. The Bertz CT molecular complexity index is 622. The molecule has 1 heterocycles. The average Bonchev–Trinajstić information content (AvgIpc) is 2.89. The smallest absolute Gasteiger partial charge is 0.110 e. The topological polar surface area (TPSA) is 50.1 Å². The van der Waals surface area contributed by atoms with E-state index < -0.39 is 0 Å². The number of nitrogens with one attached hydrogen (secondary N) is 1. The minimum Gasteiger partial charge on any atom is -0.395 e. The predicted molar refractivity (Wildman–Crippen MR) is 84.1 cm³/mol. The summed E-state index contributed by atoms with van der Waals surface area (Å²) in [6, 6.07) is 10.1. The normalized spacial score (nSPS) is 11.8. The van der Waals surface area contributed by atoms with Crippen molar-refractivity contribution in [1.82, 2.24) is 14.9 Å². The molecule has 0 bridgehead atoms. The molecule has 2 aromatic rings.